The highest BCUT2D eigenvalue weighted by Gasteiger charge is 2.29. The third-order valence-corrected chi connectivity index (χ3v) is 3.79. The second-order valence-electron chi connectivity index (χ2n) is 4.53. The normalized spacial score (nSPS) is 10.6. The molecule has 0 amide bonds. The molecule has 0 atom stereocenters. The van der Waals surface area contributed by atoms with Crippen LogP contribution in [-0.2, 0) is 0 Å². The van der Waals surface area contributed by atoms with Crippen LogP contribution in [-0.4, -0.2) is 44.3 Å². The Morgan fingerprint density at radius 1 is 0.625 bits per heavy atom. The minimum Gasteiger partial charge on any atom is -0.478 e. The molecular formula is C14H6Cl2O8. The van der Waals surface area contributed by atoms with Gasteiger partial charge in [-0.25, -0.2) is 19.2 Å². The van der Waals surface area contributed by atoms with Crippen molar-refractivity contribution in [3.05, 3.63) is 44.4 Å². The van der Waals surface area contributed by atoms with Crippen LogP contribution < -0.4 is 0 Å². The lowest BCUT2D eigenvalue weighted by molar-refractivity contribution is 0.0675. The number of carboxylic acids is 4. The van der Waals surface area contributed by atoms with E-state index in [0.29, 0.717) is 0 Å². The topological polar surface area (TPSA) is 149 Å². The summed E-state index contributed by atoms with van der Waals surface area (Å²) in [5.41, 5.74) is -2.81. The van der Waals surface area contributed by atoms with Gasteiger partial charge in [-0.1, -0.05) is 23.2 Å². The average Bonchev–Trinajstić information content (AvgIpc) is 2.43. The SMILES string of the molecule is O=C(O)c1cc(Cl)c(C(=O)O)c2c(C(=O)O)c(Cl)cc(C(=O)O)c12. The van der Waals surface area contributed by atoms with Gasteiger partial charge >= 0.3 is 23.9 Å². The summed E-state index contributed by atoms with van der Waals surface area (Å²) in [4.78, 5) is 45.8. The first-order chi connectivity index (χ1) is 11.1. The number of fused-ring (bicyclic) bond motifs is 1. The molecule has 24 heavy (non-hydrogen) atoms. The number of benzene rings is 2. The van der Waals surface area contributed by atoms with Crippen LogP contribution >= 0.6 is 23.2 Å². The molecule has 124 valence electrons. The summed E-state index contributed by atoms with van der Waals surface area (Å²) in [7, 11) is 0. The number of halogens is 2. The van der Waals surface area contributed by atoms with Crippen molar-refractivity contribution < 1.29 is 39.6 Å². The molecule has 2 aromatic carbocycles. The second kappa shape index (κ2) is 5.99. The van der Waals surface area contributed by atoms with E-state index in [-0.39, 0.29) is 0 Å². The lowest BCUT2D eigenvalue weighted by Crippen LogP contribution is -2.12. The molecule has 0 saturated carbocycles. The average molecular weight is 373 g/mol. The first-order valence-corrected chi connectivity index (χ1v) is 6.75. The van der Waals surface area contributed by atoms with E-state index in [0.717, 1.165) is 12.1 Å². The van der Waals surface area contributed by atoms with Crippen LogP contribution in [0.1, 0.15) is 41.4 Å². The van der Waals surface area contributed by atoms with Gasteiger partial charge in [-0.15, -0.1) is 0 Å². The smallest absolute Gasteiger partial charge is 0.337 e. The minimum absolute atomic E-state index is 0.562. The van der Waals surface area contributed by atoms with Crippen LogP contribution in [0.3, 0.4) is 0 Å². The quantitative estimate of drug-likeness (QED) is 0.639. The Balaban J connectivity index is 3.34. The molecule has 0 fully saturated rings. The Bertz CT molecular complexity index is 875. The molecule has 8 nitrogen and oxygen atoms in total. The van der Waals surface area contributed by atoms with Crippen molar-refractivity contribution in [3.63, 3.8) is 0 Å². The third-order valence-electron chi connectivity index (χ3n) is 3.20. The fraction of sp³-hybridized carbons (Fsp3) is 0. The maximum absolute atomic E-state index is 11.5. The molecule has 2 rings (SSSR count). The van der Waals surface area contributed by atoms with Gasteiger partial charge in [-0.05, 0) is 12.1 Å². The van der Waals surface area contributed by atoms with Gasteiger partial charge in [-0.2, -0.15) is 0 Å². The Morgan fingerprint density at radius 3 is 1.21 bits per heavy atom. The zero-order valence-corrected chi connectivity index (χ0v) is 12.8. The molecule has 0 spiro atoms. The van der Waals surface area contributed by atoms with Crippen LogP contribution in [0.15, 0.2) is 12.1 Å². The lowest BCUT2D eigenvalue weighted by Gasteiger charge is -2.14. The molecule has 0 aliphatic carbocycles. The molecule has 10 heteroatoms. The van der Waals surface area contributed by atoms with Gasteiger partial charge < -0.3 is 20.4 Å². The van der Waals surface area contributed by atoms with Gasteiger partial charge in [0, 0.05) is 10.8 Å². The molecule has 0 aliphatic rings. The van der Waals surface area contributed by atoms with E-state index in [4.69, 9.17) is 23.2 Å². The van der Waals surface area contributed by atoms with E-state index >= 15 is 0 Å². The second-order valence-corrected chi connectivity index (χ2v) is 5.35. The fourth-order valence-corrected chi connectivity index (χ4v) is 2.89. The van der Waals surface area contributed by atoms with E-state index in [1.54, 1.807) is 0 Å². The summed E-state index contributed by atoms with van der Waals surface area (Å²) < 4.78 is 0. The summed E-state index contributed by atoms with van der Waals surface area (Å²) in [6, 6.07) is 1.50. The monoisotopic (exact) mass is 372 g/mol. The van der Waals surface area contributed by atoms with Crippen molar-refractivity contribution in [2.45, 2.75) is 0 Å². The molecule has 0 radical (unpaired) electrons. The van der Waals surface area contributed by atoms with Crippen LogP contribution in [0.4, 0.5) is 0 Å². The number of aromatic carboxylic acids is 4. The van der Waals surface area contributed by atoms with Gasteiger partial charge in [0.2, 0.25) is 0 Å². The molecule has 0 aromatic heterocycles. The molecule has 0 aliphatic heterocycles. The van der Waals surface area contributed by atoms with Gasteiger partial charge in [0.25, 0.3) is 0 Å². The van der Waals surface area contributed by atoms with Crippen LogP contribution in [0.2, 0.25) is 10.0 Å². The Morgan fingerprint density at radius 2 is 0.958 bits per heavy atom. The van der Waals surface area contributed by atoms with Crippen molar-refractivity contribution in [1.29, 1.82) is 0 Å². The van der Waals surface area contributed by atoms with Gasteiger partial charge in [0.15, 0.2) is 0 Å². The largest absolute Gasteiger partial charge is 0.478 e. The van der Waals surface area contributed by atoms with Gasteiger partial charge in [-0.3, -0.25) is 0 Å². The predicted molar refractivity (Wildman–Crippen MR) is 81.8 cm³/mol. The van der Waals surface area contributed by atoms with Crippen LogP contribution in [0, 0.1) is 0 Å². The van der Waals surface area contributed by atoms with Crippen molar-refractivity contribution in [1.82, 2.24) is 0 Å². The summed E-state index contributed by atoms with van der Waals surface area (Å²) >= 11 is 11.6. The summed E-state index contributed by atoms with van der Waals surface area (Å²) in [5.74, 6) is -6.55. The third kappa shape index (κ3) is 2.61. The maximum Gasteiger partial charge on any atom is 0.337 e. The van der Waals surface area contributed by atoms with Gasteiger partial charge in [0.05, 0.1) is 32.3 Å². The molecule has 0 bridgehead atoms. The van der Waals surface area contributed by atoms with Crippen molar-refractivity contribution in [3.8, 4) is 0 Å². The summed E-state index contributed by atoms with van der Waals surface area (Å²) in [6.07, 6.45) is 0. The van der Waals surface area contributed by atoms with E-state index in [1.807, 2.05) is 0 Å². The summed E-state index contributed by atoms with van der Waals surface area (Å²) in [5, 5.41) is 34.8. The molecule has 0 saturated heterocycles. The fourth-order valence-electron chi connectivity index (χ4n) is 2.33. The van der Waals surface area contributed by atoms with Crippen LogP contribution in [0.25, 0.3) is 10.8 Å². The molecular weight excluding hydrogens is 367 g/mol. The van der Waals surface area contributed by atoms with E-state index in [2.05, 4.69) is 0 Å². The minimum atomic E-state index is -1.66. The number of hydrogen-bond donors (Lipinski definition) is 4. The Hall–Kier alpha value is -2.84. The molecule has 0 heterocycles. The zero-order chi connectivity index (χ0) is 18.3. The Labute approximate surface area is 142 Å². The lowest BCUT2D eigenvalue weighted by atomic mass is 9.91. The highest BCUT2D eigenvalue weighted by Crippen LogP contribution is 2.38. The van der Waals surface area contributed by atoms with Crippen molar-refractivity contribution in [2.75, 3.05) is 0 Å². The standard InChI is InChI=1S/C14H6Cl2O8/c15-5-1-3(11(17)18)7-4(12(19)20)2-6(16)9(14(23)24)10(7)8(5)13(21)22/h1-2H,(H,17,18)(H,19,20)(H,21,22)(H,23,24). The highest BCUT2D eigenvalue weighted by atomic mass is 35.5. The van der Waals surface area contributed by atoms with Crippen LogP contribution in [0.5, 0.6) is 0 Å². The summed E-state index contributed by atoms with van der Waals surface area (Å²) in [6.45, 7) is 0. The first kappa shape index (κ1) is 17.5. The number of carboxylic acid groups (broad SMARTS) is 4. The molecule has 2 aromatic rings. The Kier molecular flexibility index (Phi) is 4.37. The van der Waals surface area contributed by atoms with E-state index in [9.17, 15) is 39.6 Å². The maximum atomic E-state index is 11.5. The van der Waals surface area contributed by atoms with Crippen molar-refractivity contribution >= 4 is 57.9 Å². The van der Waals surface area contributed by atoms with E-state index < -0.39 is 66.9 Å². The highest BCUT2D eigenvalue weighted by molar-refractivity contribution is 6.40. The number of hydrogen-bond acceptors (Lipinski definition) is 4. The van der Waals surface area contributed by atoms with E-state index in [1.165, 1.54) is 0 Å². The zero-order valence-electron chi connectivity index (χ0n) is 11.3. The number of carbonyl (C=O) groups is 4. The predicted octanol–water partition coefficient (Wildman–Crippen LogP) is 2.94. The molecule has 0 unspecified atom stereocenters. The first-order valence-electron chi connectivity index (χ1n) is 5.99. The number of rotatable bonds is 4. The molecule has 4 N–H and O–H groups in total. The van der Waals surface area contributed by atoms with Crippen molar-refractivity contribution in [2.24, 2.45) is 0 Å². The van der Waals surface area contributed by atoms with Gasteiger partial charge in [0.1, 0.15) is 0 Å².